The molecule has 0 heterocycles. The van der Waals surface area contributed by atoms with Crippen molar-refractivity contribution in [2.24, 2.45) is 16.7 Å². The SMILES string of the molecule is CC1=C[C@H](O)CC(C)(C)[C@H]1/C=C/P/C=C/C1=C(C)C[C@@H](O)CC1(C)C.[CH3-].[Zn]. The van der Waals surface area contributed by atoms with Crippen LogP contribution >= 0.6 is 8.58 Å². The molecular formula is C23H38O2PZn-. The third kappa shape index (κ3) is 7.04. The molecule has 0 spiro atoms. The fourth-order valence-corrected chi connectivity index (χ4v) is 5.36. The third-order valence-corrected chi connectivity index (χ3v) is 6.47. The van der Waals surface area contributed by atoms with Crippen LogP contribution in [0.15, 0.2) is 46.6 Å². The maximum atomic E-state index is 9.99. The van der Waals surface area contributed by atoms with E-state index in [1.165, 1.54) is 16.7 Å². The Morgan fingerprint density at radius 1 is 1.07 bits per heavy atom. The van der Waals surface area contributed by atoms with Crippen molar-refractivity contribution >= 4 is 8.58 Å². The second-order valence-corrected chi connectivity index (χ2v) is 10.1. The summed E-state index contributed by atoms with van der Waals surface area (Å²) in [6.45, 7) is 13.2. The molecule has 4 atom stereocenters. The maximum Gasteiger partial charge on any atom is 0.0729 e. The van der Waals surface area contributed by atoms with E-state index in [4.69, 9.17) is 0 Å². The fraction of sp³-hybridized carbons (Fsp3) is 0.609. The minimum atomic E-state index is -0.305. The molecule has 0 aromatic rings. The second-order valence-electron chi connectivity index (χ2n) is 9.15. The van der Waals surface area contributed by atoms with Crippen molar-refractivity contribution in [3.63, 3.8) is 0 Å². The number of rotatable bonds is 4. The largest absolute Gasteiger partial charge is 0.393 e. The summed E-state index contributed by atoms with van der Waals surface area (Å²) in [5.41, 5.74) is 4.12. The molecule has 2 aliphatic carbocycles. The van der Waals surface area contributed by atoms with E-state index in [0.717, 1.165) is 19.3 Å². The van der Waals surface area contributed by atoms with E-state index in [1.807, 2.05) is 6.08 Å². The maximum absolute atomic E-state index is 9.99. The Bertz CT molecular complexity index is 614. The van der Waals surface area contributed by atoms with Gasteiger partial charge in [0, 0.05) is 25.4 Å². The van der Waals surface area contributed by atoms with Crippen LogP contribution in [-0.2, 0) is 19.5 Å². The first-order valence-electron chi connectivity index (χ1n) is 9.37. The van der Waals surface area contributed by atoms with Crippen molar-refractivity contribution in [2.45, 2.75) is 73.0 Å². The zero-order valence-electron chi connectivity index (χ0n) is 18.3. The van der Waals surface area contributed by atoms with Crippen LogP contribution in [0.3, 0.4) is 0 Å². The van der Waals surface area contributed by atoms with Crippen LogP contribution < -0.4 is 0 Å². The molecule has 4 heteroatoms. The van der Waals surface area contributed by atoms with Crippen molar-refractivity contribution in [1.82, 2.24) is 0 Å². The summed E-state index contributed by atoms with van der Waals surface area (Å²) in [5.74, 6) is 4.94. The van der Waals surface area contributed by atoms with Gasteiger partial charge in [-0.3, -0.25) is 0 Å². The molecule has 0 radical (unpaired) electrons. The van der Waals surface area contributed by atoms with Crippen molar-refractivity contribution < 1.29 is 29.7 Å². The van der Waals surface area contributed by atoms with Gasteiger partial charge in [-0.25, -0.2) is 0 Å². The number of allylic oxidation sites excluding steroid dienone is 4. The van der Waals surface area contributed by atoms with Gasteiger partial charge in [0.2, 0.25) is 0 Å². The Morgan fingerprint density at radius 2 is 1.70 bits per heavy atom. The van der Waals surface area contributed by atoms with Gasteiger partial charge < -0.3 is 17.6 Å². The Hall–Kier alpha value is -0.0666. The molecule has 0 fully saturated rings. The van der Waals surface area contributed by atoms with Gasteiger partial charge >= 0.3 is 0 Å². The van der Waals surface area contributed by atoms with Crippen LogP contribution in [0.1, 0.15) is 60.8 Å². The van der Waals surface area contributed by atoms with Gasteiger partial charge in [0.25, 0.3) is 0 Å². The zero-order chi connectivity index (χ0) is 18.8. The summed E-state index contributed by atoms with van der Waals surface area (Å²) in [6.07, 6.45) is 8.54. The first kappa shape index (κ1) is 26.9. The van der Waals surface area contributed by atoms with Crippen molar-refractivity contribution in [3.8, 4) is 0 Å². The van der Waals surface area contributed by atoms with E-state index in [9.17, 15) is 10.2 Å². The Labute approximate surface area is 181 Å². The van der Waals surface area contributed by atoms with Gasteiger partial charge in [-0.05, 0) is 49.5 Å². The molecule has 150 valence electrons. The van der Waals surface area contributed by atoms with Crippen LogP contribution in [0.25, 0.3) is 0 Å². The molecule has 0 aliphatic heterocycles. The molecule has 0 bridgehead atoms. The number of hydrogen-bond donors (Lipinski definition) is 2. The van der Waals surface area contributed by atoms with Gasteiger partial charge in [0.15, 0.2) is 0 Å². The summed E-state index contributed by atoms with van der Waals surface area (Å²) < 4.78 is 0. The van der Waals surface area contributed by atoms with Gasteiger partial charge in [0.05, 0.1) is 12.2 Å². The molecule has 27 heavy (non-hydrogen) atoms. The summed E-state index contributed by atoms with van der Waals surface area (Å²) in [7, 11) is 0.653. The minimum absolute atomic E-state index is 0. The number of hydrogen-bond acceptors (Lipinski definition) is 2. The van der Waals surface area contributed by atoms with E-state index in [1.54, 1.807) is 0 Å². The molecule has 2 nitrogen and oxygen atoms in total. The molecule has 0 saturated heterocycles. The summed E-state index contributed by atoms with van der Waals surface area (Å²) in [6, 6.07) is 0. The minimum Gasteiger partial charge on any atom is -0.393 e. The Kier molecular flexibility index (Phi) is 10.6. The van der Waals surface area contributed by atoms with E-state index >= 15 is 0 Å². The van der Waals surface area contributed by atoms with Crippen LogP contribution in [-0.4, -0.2) is 22.4 Å². The van der Waals surface area contributed by atoms with Crippen LogP contribution in [0.5, 0.6) is 0 Å². The summed E-state index contributed by atoms with van der Waals surface area (Å²) in [4.78, 5) is 0. The third-order valence-electron chi connectivity index (χ3n) is 5.73. The topological polar surface area (TPSA) is 40.5 Å². The molecule has 0 aromatic carbocycles. The molecule has 0 amide bonds. The molecule has 0 saturated carbocycles. The summed E-state index contributed by atoms with van der Waals surface area (Å²) >= 11 is 0. The van der Waals surface area contributed by atoms with Crippen molar-refractivity contribution in [2.75, 3.05) is 0 Å². The van der Waals surface area contributed by atoms with Gasteiger partial charge in [0.1, 0.15) is 0 Å². The number of aliphatic hydroxyl groups is 2. The monoisotopic (exact) mass is 441 g/mol. The standard InChI is InChI=1S/C22H35O2P.CH3.Zn/c1-15-11-17(23)13-21(3,4)19(15)7-9-25-10-8-20-16(2)12-18(24)14-22(20,5)6;;/h7-11,17-19,23-25H,12-14H2,1-6H3;1H3;/q;-1;/b9-7+,10-8+;;/t17-,18+,19-;;/m0../s1. The average Bonchev–Trinajstić information content (AvgIpc) is 2.41. The Balaban J connectivity index is 0.00000338. The normalized spacial score (nSPS) is 30.5. The first-order chi connectivity index (χ1) is 11.5. The number of aliphatic hydroxyl groups excluding tert-OH is 2. The van der Waals surface area contributed by atoms with Gasteiger partial charge in [-0.2, -0.15) is 0 Å². The summed E-state index contributed by atoms with van der Waals surface area (Å²) in [5, 5.41) is 19.9. The van der Waals surface area contributed by atoms with Gasteiger partial charge in [-0.1, -0.05) is 77.3 Å². The molecule has 2 N–H and O–H groups in total. The molecule has 1 unspecified atom stereocenters. The molecule has 2 aliphatic rings. The van der Waals surface area contributed by atoms with Crippen molar-refractivity contribution in [1.29, 1.82) is 0 Å². The fourth-order valence-electron chi connectivity index (χ4n) is 4.68. The van der Waals surface area contributed by atoms with E-state index in [-0.39, 0.29) is 49.9 Å². The smallest absolute Gasteiger partial charge is 0.0729 e. The van der Waals surface area contributed by atoms with Crippen molar-refractivity contribution in [3.05, 3.63) is 54.0 Å². The second kappa shape index (κ2) is 10.6. The van der Waals surface area contributed by atoms with Crippen LogP contribution in [0, 0.1) is 24.2 Å². The van der Waals surface area contributed by atoms with Gasteiger partial charge in [-0.15, -0.1) is 0 Å². The van der Waals surface area contributed by atoms with E-state index in [0.29, 0.717) is 14.5 Å². The molecular weight excluding hydrogens is 405 g/mol. The predicted molar refractivity (Wildman–Crippen MR) is 116 cm³/mol. The molecule has 0 aromatic heterocycles. The average molecular weight is 443 g/mol. The van der Waals surface area contributed by atoms with Crippen LogP contribution in [0.2, 0.25) is 0 Å². The van der Waals surface area contributed by atoms with E-state index < -0.39 is 0 Å². The first-order valence-corrected chi connectivity index (χ1v) is 10.5. The quantitative estimate of drug-likeness (QED) is 0.243. The van der Waals surface area contributed by atoms with E-state index in [2.05, 4.69) is 65.3 Å². The van der Waals surface area contributed by atoms with Crippen LogP contribution in [0.4, 0.5) is 0 Å². The Morgan fingerprint density at radius 3 is 2.26 bits per heavy atom. The predicted octanol–water partition coefficient (Wildman–Crippen LogP) is 5.99. The molecule has 2 rings (SSSR count). The zero-order valence-corrected chi connectivity index (χ0v) is 22.3.